The Labute approximate surface area is 195 Å². The van der Waals surface area contributed by atoms with Crippen molar-refractivity contribution in [1.29, 1.82) is 0 Å². The van der Waals surface area contributed by atoms with Crippen LogP contribution >= 0.6 is 11.3 Å². The number of para-hydroxylation sites is 1. The molecule has 170 valence electrons. The highest BCUT2D eigenvalue weighted by molar-refractivity contribution is 7.94. The van der Waals surface area contributed by atoms with Crippen LogP contribution in [0.4, 0.5) is 10.1 Å². The fourth-order valence-corrected chi connectivity index (χ4v) is 5.82. The average molecular weight is 485 g/mol. The SMILES string of the molecule is Cc1nccn1-c1ccc(CNC(=O)CN(c2ccccc2F)S(=O)(=O)c2cccs2)cc1. The summed E-state index contributed by atoms with van der Waals surface area (Å²) in [6.45, 7) is 1.55. The monoisotopic (exact) mass is 484 g/mol. The van der Waals surface area contributed by atoms with E-state index in [1.54, 1.807) is 17.6 Å². The highest BCUT2D eigenvalue weighted by Crippen LogP contribution is 2.28. The van der Waals surface area contributed by atoms with E-state index in [4.69, 9.17) is 0 Å². The van der Waals surface area contributed by atoms with Crippen LogP contribution in [0.15, 0.2) is 82.6 Å². The minimum absolute atomic E-state index is 0.0314. The first-order valence-electron chi connectivity index (χ1n) is 10.0. The van der Waals surface area contributed by atoms with Gasteiger partial charge in [-0.1, -0.05) is 30.3 Å². The van der Waals surface area contributed by atoms with Crippen molar-refractivity contribution in [2.45, 2.75) is 17.7 Å². The Morgan fingerprint density at radius 2 is 1.88 bits per heavy atom. The minimum Gasteiger partial charge on any atom is -0.350 e. The van der Waals surface area contributed by atoms with Crippen molar-refractivity contribution in [3.63, 3.8) is 0 Å². The lowest BCUT2D eigenvalue weighted by Crippen LogP contribution is -2.40. The Hall–Kier alpha value is -3.50. The van der Waals surface area contributed by atoms with Crippen molar-refractivity contribution in [2.75, 3.05) is 10.8 Å². The van der Waals surface area contributed by atoms with Gasteiger partial charge in [-0.25, -0.2) is 17.8 Å². The quantitative estimate of drug-likeness (QED) is 0.411. The van der Waals surface area contributed by atoms with E-state index in [0.29, 0.717) is 0 Å². The van der Waals surface area contributed by atoms with E-state index in [1.807, 2.05) is 42.0 Å². The van der Waals surface area contributed by atoms with Gasteiger partial charge < -0.3 is 9.88 Å². The first kappa shape index (κ1) is 22.7. The van der Waals surface area contributed by atoms with Crippen LogP contribution in [0.1, 0.15) is 11.4 Å². The van der Waals surface area contributed by atoms with Gasteiger partial charge in [0.15, 0.2) is 0 Å². The molecule has 1 amide bonds. The molecule has 0 radical (unpaired) electrons. The number of anilines is 1. The summed E-state index contributed by atoms with van der Waals surface area (Å²) in [5.41, 5.74) is 1.59. The van der Waals surface area contributed by atoms with E-state index >= 15 is 0 Å². The van der Waals surface area contributed by atoms with Gasteiger partial charge in [-0.15, -0.1) is 11.3 Å². The van der Waals surface area contributed by atoms with E-state index in [1.165, 1.54) is 24.3 Å². The molecule has 0 saturated carbocycles. The molecular formula is C23H21FN4O3S2. The van der Waals surface area contributed by atoms with E-state index in [-0.39, 0.29) is 16.4 Å². The van der Waals surface area contributed by atoms with E-state index in [9.17, 15) is 17.6 Å². The van der Waals surface area contributed by atoms with Gasteiger partial charge in [0.25, 0.3) is 10.0 Å². The third kappa shape index (κ3) is 4.96. The maximum Gasteiger partial charge on any atom is 0.274 e. The van der Waals surface area contributed by atoms with Crippen molar-refractivity contribution in [3.8, 4) is 5.69 Å². The van der Waals surface area contributed by atoms with E-state index in [2.05, 4.69) is 10.3 Å². The maximum absolute atomic E-state index is 14.5. The van der Waals surface area contributed by atoms with Crippen LogP contribution < -0.4 is 9.62 Å². The number of imidazole rings is 1. The van der Waals surface area contributed by atoms with Crippen LogP contribution in [0.2, 0.25) is 0 Å². The number of amides is 1. The molecule has 0 fully saturated rings. The molecule has 0 atom stereocenters. The lowest BCUT2D eigenvalue weighted by Gasteiger charge is -2.23. The molecule has 0 spiro atoms. The van der Waals surface area contributed by atoms with Crippen molar-refractivity contribution in [3.05, 3.63) is 95.6 Å². The number of hydrogen-bond donors (Lipinski definition) is 1. The third-order valence-corrected chi connectivity index (χ3v) is 8.11. The third-order valence-electron chi connectivity index (χ3n) is 4.98. The first-order valence-corrected chi connectivity index (χ1v) is 12.3. The summed E-state index contributed by atoms with van der Waals surface area (Å²) >= 11 is 1.01. The molecule has 1 N–H and O–H groups in total. The summed E-state index contributed by atoms with van der Waals surface area (Å²) in [6, 6.07) is 16.0. The predicted octanol–water partition coefficient (Wildman–Crippen LogP) is 3.89. The summed E-state index contributed by atoms with van der Waals surface area (Å²) < 4.78 is 43.5. The Morgan fingerprint density at radius 1 is 1.12 bits per heavy atom. The number of hydrogen-bond acceptors (Lipinski definition) is 5. The van der Waals surface area contributed by atoms with E-state index in [0.717, 1.165) is 38.8 Å². The highest BCUT2D eigenvalue weighted by atomic mass is 32.2. The van der Waals surface area contributed by atoms with Gasteiger partial charge in [-0.3, -0.25) is 9.10 Å². The van der Waals surface area contributed by atoms with Crippen LogP contribution in [0.3, 0.4) is 0 Å². The zero-order valence-corrected chi connectivity index (χ0v) is 19.3. The Morgan fingerprint density at radius 3 is 2.52 bits per heavy atom. The van der Waals surface area contributed by atoms with Crippen LogP contribution in [0.25, 0.3) is 5.69 Å². The number of aryl methyl sites for hydroxylation is 1. The summed E-state index contributed by atoms with van der Waals surface area (Å²) in [6.07, 6.45) is 3.58. The molecule has 0 aliphatic heterocycles. The van der Waals surface area contributed by atoms with Crippen molar-refractivity contribution in [2.24, 2.45) is 0 Å². The van der Waals surface area contributed by atoms with Gasteiger partial charge >= 0.3 is 0 Å². The number of benzene rings is 2. The second-order valence-corrected chi connectivity index (χ2v) is 10.2. The minimum atomic E-state index is -4.10. The lowest BCUT2D eigenvalue weighted by molar-refractivity contribution is -0.119. The number of thiophene rings is 1. The second-order valence-electron chi connectivity index (χ2n) is 7.18. The number of nitrogens with zero attached hydrogens (tertiary/aromatic N) is 3. The van der Waals surface area contributed by atoms with Crippen LogP contribution in [0.5, 0.6) is 0 Å². The summed E-state index contributed by atoms with van der Waals surface area (Å²) in [5, 5.41) is 4.33. The molecule has 10 heteroatoms. The number of rotatable bonds is 8. The molecule has 0 bridgehead atoms. The van der Waals surface area contributed by atoms with Crippen molar-refractivity contribution >= 4 is 33.0 Å². The predicted molar refractivity (Wildman–Crippen MR) is 125 cm³/mol. The number of carbonyl (C=O) groups excluding carboxylic acids is 1. The Balaban J connectivity index is 1.49. The van der Waals surface area contributed by atoms with Gasteiger partial charge in [0.1, 0.15) is 22.4 Å². The summed E-state index contributed by atoms with van der Waals surface area (Å²) in [5.74, 6) is -0.417. The molecular weight excluding hydrogens is 463 g/mol. The highest BCUT2D eigenvalue weighted by Gasteiger charge is 2.29. The molecule has 33 heavy (non-hydrogen) atoms. The molecule has 0 aliphatic rings. The average Bonchev–Trinajstić information content (AvgIpc) is 3.49. The molecule has 4 rings (SSSR count). The largest absolute Gasteiger partial charge is 0.350 e. The van der Waals surface area contributed by atoms with E-state index < -0.39 is 28.3 Å². The number of aromatic nitrogens is 2. The van der Waals surface area contributed by atoms with Gasteiger partial charge in [0.05, 0.1) is 5.69 Å². The number of sulfonamides is 1. The number of carbonyl (C=O) groups is 1. The molecule has 2 aromatic heterocycles. The molecule has 2 heterocycles. The zero-order valence-electron chi connectivity index (χ0n) is 17.7. The number of halogens is 1. The van der Waals surface area contributed by atoms with Crippen molar-refractivity contribution in [1.82, 2.24) is 14.9 Å². The van der Waals surface area contributed by atoms with Gasteiger partial charge in [-0.2, -0.15) is 0 Å². The van der Waals surface area contributed by atoms with Crippen LogP contribution in [0, 0.1) is 12.7 Å². The standard InChI is InChI=1S/C23H21FN4O3S2/c1-17-25-12-13-27(17)19-10-8-18(9-11-19)15-26-22(29)16-28(21-6-3-2-5-20(21)24)33(30,31)23-7-4-14-32-23/h2-14H,15-16H2,1H3,(H,26,29). The normalized spacial score (nSPS) is 11.3. The molecule has 7 nitrogen and oxygen atoms in total. The molecule has 0 unspecified atom stereocenters. The van der Waals surface area contributed by atoms with Crippen LogP contribution in [-0.2, 0) is 21.4 Å². The first-order chi connectivity index (χ1) is 15.9. The zero-order chi connectivity index (χ0) is 23.4. The molecule has 4 aromatic rings. The van der Waals surface area contributed by atoms with Gasteiger partial charge in [-0.05, 0) is 48.2 Å². The fraction of sp³-hybridized carbons (Fsp3) is 0.130. The summed E-state index contributed by atoms with van der Waals surface area (Å²) in [7, 11) is -4.10. The van der Waals surface area contributed by atoms with Gasteiger partial charge in [0.2, 0.25) is 5.91 Å². The van der Waals surface area contributed by atoms with Gasteiger partial charge in [0, 0.05) is 24.6 Å². The topological polar surface area (TPSA) is 84.3 Å². The maximum atomic E-state index is 14.5. The second kappa shape index (κ2) is 9.55. The fourth-order valence-electron chi connectivity index (χ4n) is 3.28. The molecule has 2 aromatic carbocycles. The molecule has 0 aliphatic carbocycles. The Bertz CT molecular complexity index is 1350. The van der Waals surface area contributed by atoms with Crippen molar-refractivity contribution < 1.29 is 17.6 Å². The summed E-state index contributed by atoms with van der Waals surface area (Å²) in [4.78, 5) is 16.9. The van der Waals surface area contributed by atoms with Crippen LogP contribution in [-0.4, -0.2) is 30.4 Å². The lowest BCUT2D eigenvalue weighted by atomic mass is 10.2. The number of nitrogens with one attached hydrogen (secondary N) is 1. The smallest absolute Gasteiger partial charge is 0.274 e. The molecule has 0 saturated heterocycles. The Kier molecular flexibility index (Phi) is 6.57.